The number of ether oxygens (including phenoxy) is 1. The van der Waals surface area contributed by atoms with Crippen molar-refractivity contribution in [3.63, 3.8) is 0 Å². The monoisotopic (exact) mass is 409 g/mol. The van der Waals surface area contributed by atoms with Crippen LogP contribution in [-0.2, 0) is 14.8 Å². The number of likely N-dealkylation sites (tertiary alicyclic amines) is 1. The van der Waals surface area contributed by atoms with Crippen molar-refractivity contribution in [3.8, 4) is 5.75 Å². The molecule has 0 aromatic heterocycles. The molecule has 1 aromatic rings. The number of fused-ring (bicyclic) bond motifs is 1. The van der Waals surface area contributed by atoms with Crippen molar-refractivity contribution in [2.75, 3.05) is 39.6 Å². The molecule has 8 heteroatoms. The van der Waals surface area contributed by atoms with Crippen molar-refractivity contribution in [1.29, 1.82) is 0 Å². The maximum atomic E-state index is 12.7. The van der Waals surface area contributed by atoms with E-state index in [1.54, 1.807) is 12.1 Å². The Labute approximate surface area is 168 Å². The van der Waals surface area contributed by atoms with Crippen LogP contribution >= 0.6 is 0 Å². The predicted octanol–water partition coefficient (Wildman–Crippen LogP) is 2.54. The Morgan fingerprint density at radius 2 is 1.93 bits per heavy atom. The van der Waals surface area contributed by atoms with Crippen LogP contribution in [0.25, 0.3) is 0 Å². The minimum Gasteiger partial charge on any atom is -0.495 e. The molecular formula is C20H31N3O4S. The van der Waals surface area contributed by atoms with E-state index in [0.29, 0.717) is 24.2 Å². The number of nitrogens with zero attached hydrogens (tertiary/aromatic N) is 2. The number of piperidine rings is 1. The lowest BCUT2D eigenvalue weighted by atomic mass is 9.78. The summed E-state index contributed by atoms with van der Waals surface area (Å²) in [6, 6.07) is 5.22. The predicted molar refractivity (Wildman–Crippen MR) is 109 cm³/mol. The molecule has 1 saturated heterocycles. The highest BCUT2D eigenvalue weighted by atomic mass is 32.2. The first-order valence-corrected chi connectivity index (χ1v) is 11.4. The highest BCUT2D eigenvalue weighted by Gasteiger charge is 2.34. The zero-order chi connectivity index (χ0) is 20.3. The third-order valence-electron chi connectivity index (χ3n) is 5.91. The molecule has 2 atom stereocenters. The normalized spacial score (nSPS) is 23.3. The summed E-state index contributed by atoms with van der Waals surface area (Å²) in [5.74, 6) is 0.866. The molecule has 2 aliphatic rings. The number of hydrogen-bond donors (Lipinski definition) is 1. The highest BCUT2D eigenvalue weighted by Crippen LogP contribution is 2.35. The standard InChI is InChI=1S/C20H31N3O4S/c1-22(2)28(25,26)19-13-16(10-11-18(19)27-3)21-20(24)14-23-12-6-8-15-7-4-5-9-17(15)23/h10-11,13,15,17H,4-9,12,14H2,1-3H3,(H,21,24)/t15-,17+/m1/s1. The molecule has 28 heavy (non-hydrogen) atoms. The number of nitrogens with one attached hydrogen (secondary N) is 1. The topological polar surface area (TPSA) is 79.0 Å². The van der Waals surface area contributed by atoms with Gasteiger partial charge in [-0.25, -0.2) is 12.7 Å². The fourth-order valence-corrected chi connectivity index (χ4v) is 5.54. The van der Waals surface area contributed by atoms with E-state index in [1.165, 1.54) is 59.4 Å². The molecule has 156 valence electrons. The first kappa shape index (κ1) is 21.1. The maximum absolute atomic E-state index is 12.7. The Morgan fingerprint density at radius 1 is 1.21 bits per heavy atom. The second-order valence-electron chi connectivity index (χ2n) is 7.93. The molecule has 7 nitrogen and oxygen atoms in total. The minimum absolute atomic E-state index is 0.0446. The van der Waals surface area contributed by atoms with Crippen molar-refractivity contribution in [2.24, 2.45) is 5.92 Å². The number of amides is 1. The summed E-state index contributed by atoms with van der Waals surface area (Å²) < 4.78 is 31.4. The van der Waals surface area contributed by atoms with E-state index in [1.807, 2.05) is 0 Å². The van der Waals surface area contributed by atoms with Crippen LogP contribution in [0.3, 0.4) is 0 Å². The molecule has 1 saturated carbocycles. The zero-order valence-corrected chi connectivity index (χ0v) is 17.8. The second kappa shape index (κ2) is 8.80. The molecule has 0 radical (unpaired) electrons. The van der Waals surface area contributed by atoms with Gasteiger partial charge in [0.15, 0.2) is 0 Å². The van der Waals surface area contributed by atoms with Crippen LogP contribution < -0.4 is 10.1 Å². The number of methoxy groups -OCH3 is 1. The van der Waals surface area contributed by atoms with Gasteiger partial charge in [-0.05, 0) is 56.3 Å². The zero-order valence-electron chi connectivity index (χ0n) is 17.0. The van der Waals surface area contributed by atoms with Gasteiger partial charge >= 0.3 is 0 Å². The highest BCUT2D eigenvalue weighted by molar-refractivity contribution is 7.89. The van der Waals surface area contributed by atoms with Gasteiger partial charge < -0.3 is 10.1 Å². The van der Waals surface area contributed by atoms with E-state index in [0.717, 1.165) is 17.3 Å². The van der Waals surface area contributed by atoms with Crippen LogP contribution in [0.2, 0.25) is 0 Å². The summed E-state index contributed by atoms with van der Waals surface area (Å²) >= 11 is 0. The van der Waals surface area contributed by atoms with Crippen molar-refractivity contribution in [2.45, 2.75) is 49.5 Å². The van der Waals surface area contributed by atoms with Gasteiger partial charge in [-0.15, -0.1) is 0 Å². The van der Waals surface area contributed by atoms with Crippen LogP contribution in [0.1, 0.15) is 38.5 Å². The third kappa shape index (κ3) is 4.50. The Bertz CT molecular complexity index is 808. The van der Waals surface area contributed by atoms with Crippen LogP contribution in [0.15, 0.2) is 23.1 Å². The fraction of sp³-hybridized carbons (Fsp3) is 0.650. The molecule has 1 amide bonds. The summed E-state index contributed by atoms with van der Waals surface area (Å²) in [7, 11) is 0.694. The second-order valence-corrected chi connectivity index (χ2v) is 10.0. The van der Waals surface area contributed by atoms with Gasteiger partial charge in [-0.1, -0.05) is 12.8 Å². The number of carbonyl (C=O) groups is 1. The van der Waals surface area contributed by atoms with Crippen molar-refractivity contribution < 1.29 is 17.9 Å². The van der Waals surface area contributed by atoms with Gasteiger partial charge in [0, 0.05) is 25.8 Å². The summed E-state index contributed by atoms with van der Waals surface area (Å²) in [5.41, 5.74) is 0.462. The smallest absolute Gasteiger partial charge is 0.246 e. The van der Waals surface area contributed by atoms with Crippen molar-refractivity contribution >= 4 is 21.6 Å². The van der Waals surface area contributed by atoms with E-state index in [2.05, 4.69) is 10.2 Å². The molecule has 0 bridgehead atoms. The maximum Gasteiger partial charge on any atom is 0.246 e. The lowest BCUT2D eigenvalue weighted by Gasteiger charge is -2.43. The van der Waals surface area contributed by atoms with Gasteiger partial charge in [0.1, 0.15) is 10.6 Å². The van der Waals surface area contributed by atoms with E-state index >= 15 is 0 Å². The molecule has 1 aliphatic carbocycles. The number of anilines is 1. The summed E-state index contributed by atoms with van der Waals surface area (Å²) in [6.07, 6.45) is 7.40. The van der Waals surface area contributed by atoms with Crippen LogP contribution in [-0.4, -0.2) is 63.9 Å². The SMILES string of the molecule is COc1ccc(NC(=O)CN2CCC[C@H]3CCCC[C@@H]32)cc1S(=O)(=O)N(C)C. The first-order valence-electron chi connectivity index (χ1n) is 9.97. The van der Waals surface area contributed by atoms with E-state index in [-0.39, 0.29) is 16.6 Å². The minimum atomic E-state index is -3.67. The lowest BCUT2D eigenvalue weighted by molar-refractivity contribution is -0.118. The molecule has 1 aliphatic heterocycles. The number of hydrogen-bond acceptors (Lipinski definition) is 5. The molecule has 1 N–H and O–H groups in total. The van der Waals surface area contributed by atoms with Crippen LogP contribution in [0.4, 0.5) is 5.69 Å². The van der Waals surface area contributed by atoms with Crippen LogP contribution in [0, 0.1) is 5.92 Å². The Morgan fingerprint density at radius 3 is 2.64 bits per heavy atom. The first-order chi connectivity index (χ1) is 13.3. The Hall–Kier alpha value is -1.64. The number of rotatable bonds is 6. The lowest BCUT2D eigenvalue weighted by Crippen LogP contribution is -2.49. The molecule has 0 unspecified atom stereocenters. The number of benzene rings is 1. The average Bonchev–Trinajstić information content (AvgIpc) is 2.68. The van der Waals surface area contributed by atoms with E-state index in [4.69, 9.17) is 4.74 Å². The van der Waals surface area contributed by atoms with Gasteiger partial charge in [-0.2, -0.15) is 0 Å². The number of sulfonamides is 1. The fourth-order valence-electron chi connectivity index (χ4n) is 4.46. The molecular weight excluding hydrogens is 378 g/mol. The van der Waals surface area contributed by atoms with Gasteiger partial charge in [0.25, 0.3) is 0 Å². The molecule has 3 rings (SSSR count). The number of carbonyl (C=O) groups excluding carboxylic acids is 1. The molecule has 2 fully saturated rings. The summed E-state index contributed by atoms with van der Waals surface area (Å²) in [5, 5.41) is 2.87. The summed E-state index contributed by atoms with van der Waals surface area (Å²) in [4.78, 5) is 15.0. The van der Waals surface area contributed by atoms with Gasteiger partial charge in [0.05, 0.1) is 13.7 Å². The molecule has 1 aromatic carbocycles. The average molecular weight is 410 g/mol. The van der Waals surface area contributed by atoms with Crippen molar-refractivity contribution in [3.05, 3.63) is 18.2 Å². The Kier molecular flexibility index (Phi) is 6.62. The van der Waals surface area contributed by atoms with Crippen molar-refractivity contribution in [1.82, 2.24) is 9.21 Å². The quantitative estimate of drug-likeness (QED) is 0.781. The van der Waals surface area contributed by atoms with Gasteiger partial charge in [-0.3, -0.25) is 9.69 Å². The third-order valence-corrected chi connectivity index (χ3v) is 7.75. The largest absolute Gasteiger partial charge is 0.495 e. The van der Waals surface area contributed by atoms with Gasteiger partial charge in [0.2, 0.25) is 15.9 Å². The Balaban J connectivity index is 1.72. The molecule has 1 heterocycles. The summed E-state index contributed by atoms with van der Waals surface area (Å²) in [6.45, 7) is 1.31. The molecule has 0 spiro atoms. The van der Waals surface area contributed by atoms with E-state index in [9.17, 15) is 13.2 Å². The van der Waals surface area contributed by atoms with E-state index < -0.39 is 10.0 Å². The van der Waals surface area contributed by atoms with Crippen LogP contribution in [0.5, 0.6) is 5.75 Å².